The minimum atomic E-state index is -3.83. The average molecular weight is 788 g/mol. The number of benzene rings is 2. The molecule has 1 unspecified atom stereocenters. The van der Waals surface area contributed by atoms with E-state index in [1.54, 1.807) is 0 Å². The van der Waals surface area contributed by atoms with Crippen LogP contribution in [0.4, 0.5) is 0 Å². The third-order valence-corrected chi connectivity index (χ3v) is 9.45. The summed E-state index contributed by atoms with van der Waals surface area (Å²) in [4.78, 5) is 0.185. The number of rotatable bonds is 6. The standard InChI is InChI=1S/C15H10Br6O4S.Na/c16-5-7(17)6-25-15-12(20)3-9(4-13(15)21)26(23,24)8-1-10(18)14(22)11(19)2-8;/h1-4,7,22H,5-6H2;/q;+1/p-1. The van der Waals surface area contributed by atoms with Crippen molar-refractivity contribution < 1.29 is 47.8 Å². The maximum Gasteiger partial charge on any atom is 1.00 e. The molecule has 142 valence electrons. The molecule has 0 heterocycles. The first kappa shape index (κ1) is 26.9. The van der Waals surface area contributed by atoms with Gasteiger partial charge in [0.1, 0.15) is 12.4 Å². The largest absolute Gasteiger partial charge is 1.00 e. The number of hydrogen-bond acceptors (Lipinski definition) is 4. The van der Waals surface area contributed by atoms with Crippen LogP contribution in [0.15, 0.2) is 51.9 Å². The van der Waals surface area contributed by atoms with Crippen molar-refractivity contribution in [2.75, 3.05) is 11.9 Å². The predicted octanol–water partition coefficient (Wildman–Crippen LogP) is 3.18. The van der Waals surface area contributed by atoms with E-state index in [4.69, 9.17) is 4.74 Å². The van der Waals surface area contributed by atoms with Gasteiger partial charge in [-0.05, 0) is 56.1 Å². The molecule has 2 rings (SSSR count). The van der Waals surface area contributed by atoms with Gasteiger partial charge in [-0.1, -0.05) is 69.5 Å². The van der Waals surface area contributed by atoms with Crippen LogP contribution < -0.4 is 39.4 Å². The van der Waals surface area contributed by atoms with E-state index in [-0.39, 0.29) is 58.9 Å². The molecule has 0 fully saturated rings. The van der Waals surface area contributed by atoms with E-state index >= 15 is 0 Å². The monoisotopic (exact) mass is 782 g/mol. The molecule has 0 spiro atoms. The van der Waals surface area contributed by atoms with E-state index in [0.717, 1.165) is 0 Å². The number of ether oxygens (including phenoxy) is 1. The molecule has 0 saturated heterocycles. The molecule has 0 bridgehead atoms. The molecule has 27 heavy (non-hydrogen) atoms. The van der Waals surface area contributed by atoms with E-state index in [9.17, 15) is 13.5 Å². The van der Waals surface area contributed by atoms with Gasteiger partial charge in [0, 0.05) is 14.3 Å². The van der Waals surface area contributed by atoms with Crippen molar-refractivity contribution in [2.24, 2.45) is 0 Å². The van der Waals surface area contributed by atoms with Crippen molar-refractivity contribution >= 4 is 105 Å². The van der Waals surface area contributed by atoms with Crippen LogP contribution in [0.3, 0.4) is 0 Å². The second kappa shape index (κ2) is 11.5. The van der Waals surface area contributed by atoms with E-state index in [0.29, 0.717) is 26.6 Å². The van der Waals surface area contributed by atoms with Crippen molar-refractivity contribution in [3.05, 3.63) is 42.2 Å². The molecule has 2 aromatic rings. The molecule has 12 heteroatoms. The SMILES string of the molecule is O=S(=O)(c1cc(Br)c([O-])c(Br)c1)c1cc(Br)c(OCC(Br)CBr)c(Br)c1.[Na+]. The zero-order chi connectivity index (χ0) is 19.6. The first-order chi connectivity index (χ1) is 12.1. The number of alkyl halides is 2. The van der Waals surface area contributed by atoms with Gasteiger partial charge in [-0.15, -0.1) is 0 Å². The maximum atomic E-state index is 12.9. The Bertz CT molecular complexity index is 892. The predicted molar refractivity (Wildman–Crippen MR) is 121 cm³/mol. The summed E-state index contributed by atoms with van der Waals surface area (Å²) in [7, 11) is -3.83. The minimum absolute atomic E-state index is 0. The molecule has 4 nitrogen and oxygen atoms in total. The van der Waals surface area contributed by atoms with Crippen LogP contribution in [-0.2, 0) is 9.84 Å². The van der Waals surface area contributed by atoms with Gasteiger partial charge >= 0.3 is 29.6 Å². The molecule has 0 radical (unpaired) electrons. The molecule has 0 aliphatic rings. The smallest absolute Gasteiger partial charge is 0.871 e. The maximum absolute atomic E-state index is 12.9. The summed E-state index contributed by atoms with van der Waals surface area (Å²) in [6, 6.07) is 5.53. The Morgan fingerprint density at radius 3 is 1.74 bits per heavy atom. The number of halogens is 6. The fourth-order valence-electron chi connectivity index (χ4n) is 1.88. The van der Waals surface area contributed by atoms with E-state index in [1.165, 1.54) is 24.3 Å². The molecule has 0 N–H and O–H groups in total. The third kappa shape index (κ3) is 6.67. The van der Waals surface area contributed by atoms with Crippen molar-refractivity contribution in [3.8, 4) is 11.5 Å². The second-order valence-electron chi connectivity index (χ2n) is 5.00. The summed E-state index contributed by atoms with van der Waals surface area (Å²) >= 11 is 19.7. The quantitative estimate of drug-likeness (QED) is 0.334. The summed E-state index contributed by atoms with van der Waals surface area (Å²) in [6.45, 7) is 0.402. The first-order valence-corrected chi connectivity index (χ1v) is 13.5. The van der Waals surface area contributed by atoms with Crippen molar-refractivity contribution in [2.45, 2.75) is 14.6 Å². The van der Waals surface area contributed by atoms with Gasteiger partial charge in [-0.25, -0.2) is 8.42 Å². The Balaban J connectivity index is 0.00000364. The van der Waals surface area contributed by atoms with E-state index < -0.39 is 9.84 Å². The van der Waals surface area contributed by atoms with Gasteiger partial charge in [-0.2, -0.15) is 0 Å². The van der Waals surface area contributed by atoms with Gasteiger partial charge in [0.2, 0.25) is 9.84 Å². The Morgan fingerprint density at radius 2 is 1.33 bits per heavy atom. The van der Waals surface area contributed by atoms with E-state index in [2.05, 4.69) is 95.6 Å². The van der Waals surface area contributed by atoms with Crippen LogP contribution in [0, 0.1) is 0 Å². The fraction of sp³-hybridized carbons (Fsp3) is 0.200. The van der Waals surface area contributed by atoms with Crippen LogP contribution in [0.2, 0.25) is 0 Å². The Labute approximate surface area is 230 Å². The molecule has 0 amide bonds. The Morgan fingerprint density at radius 1 is 0.926 bits per heavy atom. The summed E-state index contributed by atoms with van der Waals surface area (Å²) in [5.74, 6) is 0.192. The summed E-state index contributed by atoms with van der Waals surface area (Å²) in [5.41, 5.74) is 0. The Hall–Kier alpha value is 1.87. The fourth-order valence-corrected chi connectivity index (χ4v) is 6.77. The minimum Gasteiger partial charge on any atom is -0.871 e. The molecule has 1 atom stereocenters. The van der Waals surface area contributed by atoms with Crippen molar-refractivity contribution in [1.82, 2.24) is 0 Å². The molecule has 2 aromatic carbocycles. The van der Waals surface area contributed by atoms with Gasteiger partial charge in [0.15, 0.2) is 0 Å². The van der Waals surface area contributed by atoms with Gasteiger partial charge in [0.05, 0.1) is 23.6 Å². The van der Waals surface area contributed by atoms with Crippen LogP contribution in [0.25, 0.3) is 0 Å². The average Bonchev–Trinajstić information content (AvgIpc) is 2.57. The summed E-state index contributed by atoms with van der Waals surface area (Å²) in [5, 5.41) is 12.5. The van der Waals surface area contributed by atoms with Crippen LogP contribution >= 0.6 is 95.6 Å². The van der Waals surface area contributed by atoms with E-state index in [1.807, 2.05) is 0 Å². The molecule has 0 aliphatic carbocycles. The van der Waals surface area contributed by atoms with Crippen LogP contribution in [0.5, 0.6) is 11.5 Å². The van der Waals surface area contributed by atoms with Crippen molar-refractivity contribution in [3.63, 3.8) is 0 Å². The molecule has 0 saturated carbocycles. The Kier molecular flexibility index (Phi) is 11.4. The second-order valence-corrected chi connectivity index (χ2v) is 12.3. The summed E-state index contributed by atoms with van der Waals surface area (Å²) < 4.78 is 32.9. The van der Waals surface area contributed by atoms with Gasteiger partial charge in [-0.3, -0.25) is 0 Å². The summed E-state index contributed by atoms with van der Waals surface area (Å²) in [6.07, 6.45) is 0. The van der Waals surface area contributed by atoms with Crippen molar-refractivity contribution in [1.29, 1.82) is 0 Å². The molecule has 0 aliphatic heterocycles. The molecular formula is C15H9Br6NaO4S. The third-order valence-electron chi connectivity index (χ3n) is 3.14. The zero-order valence-electron chi connectivity index (χ0n) is 13.6. The molecular weight excluding hydrogens is 779 g/mol. The first-order valence-electron chi connectivity index (χ1n) is 6.81. The number of hydrogen-bond donors (Lipinski definition) is 0. The van der Waals surface area contributed by atoms with Gasteiger partial charge in [0.25, 0.3) is 0 Å². The van der Waals surface area contributed by atoms with Crippen LogP contribution in [-0.4, -0.2) is 25.2 Å². The zero-order valence-corrected chi connectivity index (χ0v) is 25.9. The number of sulfone groups is 1. The normalized spacial score (nSPS) is 12.4. The molecule has 0 aromatic heterocycles. The van der Waals surface area contributed by atoms with Gasteiger partial charge < -0.3 is 9.84 Å². The topological polar surface area (TPSA) is 66.4 Å². The van der Waals surface area contributed by atoms with Crippen LogP contribution in [0.1, 0.15) is 0 Å².